The third-order valence-electron chi connectivity index (χ3n) is 2.04. The van der Waals surface area contributed by atoms with Crippen molar-refractivity contribution >= 4 is 0 Å². The first-order valence-corrected chi connectivity index (χ1v) is 4.50. The highest BCUT2D eigenvalue weighted by atomic mass is 16.1. The second-order valence-corrected chi connectivity index (χ2v) is 3.05. The number of aromatic nitrogens is 3. The van der Waals surface area contributed by atoms with Crippen LogP contribution in [0.2, 0.25) is 0 Å². The van der Waals surface area contributed by atoms with Gasteiger partial charge in [0.25, 0.3) is 5.56 Å². The number of hydrogen-bond donors (Lipinski definition) is 2. The summed E-state index contributed by atoms with van der Waals surface area (Å²) in [6.07, 6.45) is 3.36. The number of pyridine rings is 1. The predicted octanol–water partition coefficient (Wildman–Crippen LogP) is 0.291. The van der Waals surface area contributed by atoms with Crippen molar-refractivity contribution in [2.24, 2.45) is 5.73 Å². The lowest BCUT2D eigenvalue weighted by molar-refractivity contribution is 0.943. The van der Waals surface area contributed by atoms with Gasteiger partial charge in [0.1, 0.15) is 0 Å². The van der Waals surface area contributed by atoms with E-state index < -0.39 is 0 Å². The summed E-state index contributed by atoms with van der Waals surface area (Å²) in [6.45, 7) is 0.279. The molecule has 0 amide bonds. The SMILES string of the molecule is NCc1cc(=O)[nH]nc1-c1cccnc1. The first-order valence-electron chi connectivity index (χ1n) is 4.50. The summed E-state index contributed by atoms with van der Waals surface area (Å²) < 4.78 is 0. The van der Waals surface area contributed by atoms with Gasteiger partial charge in [0.2, 0.25) is 0 Å². The molecule has 0 radical (unpaired) electrons. The third kappa shape index (κ3) is 1.92. The van der Waals surface area contributed by atoms with E-state index in [-0.39, 0.29) is 12.1 Å². The summed E-state index contributed by atoms with van der Waals surface area (Å²) in [6, 6.07) is 5.13. The lowest BCUT2D eigenvalue weighted by Crippen LogP contribution is -2.12. The Hall–Kier alpha value is -2.01. The number of hydrogen-bond acceptors (Lipinski definition) is 4. The molecule has 0 saturated carbocycles. The van der Waals surface area contributed by atoms with Gasteiger partial charge in [-0.05, 0) is 17.7 Å². The van der Waals surface area contributed by atoms with Gasteiger partial charge in [-0.2, -0.15) is 5.10 Å². The van der Waals surface area contributed by atoms with Gasteiger partial charge >= 0.3 is 0 Å². The van der Waals surface area contributed by atoms with Crippen molar-refractivity contribution in [3.8, 4) is 11.3 Å². The summed E-state index contributed by atoms with van der Waals surface area (Å²) >= 11 is 0. The molecule has 15 heavy (non-hydrogen) atoms. The molecule has 5 nitrogen and oxygen atoms in total. The molecule has 0 aliphatic heterocycles. The summed E-state index contributed by atoms with van der Waals surface area (Å²) in [5, 5.41) is 6.35. The highest BCUT2D eigenvalue weighted by Gasteiger charge is 2.06. The van der Waals surface area contributed by atoms with E-state index in [2.05, 4.69) is 15.2 Å². The van der Waals surface area contributed by atoms with Crippen molar-refractivity contribution in [3.05, 3.63) is 46.5 Å². The normalized spacial score (nSPS) is 10.2. The van der Waals surface area contributed by atoms with Crippen LogP contribution in [0.5, 0.6) is 0 Å². The summed E-state index contributed by atoms with van der Waals surface area (Å²) in [5.41, 5.74) is 7.52. The van der Waals surface area contributed by atoms with Crippen LogP contribution in [-0.4, -0.2) is 15.2 Å². The average Bonchev–Trinajstić information content (AvgIpc) is 2.30. The Morgan fingerprint density at radius 1 is 1.47 bits per heavy atom. The molecule has 2 aromatic heterocycles. The number of nitrogens with zero attached hydrogens (tertiary/aromatic N) is 2. The van der Waals surface area contributed by atoms with E-state index in [1.807, 2.05) is 12.1 Å². The van der Waals surface area contributed by atoms with E-state index in [4.69, 9.17) is 5.73 Å². The standard InChI is InChI=1S/C10H10N4O/c11-5-8-4-9(15)13-14-10(8)7-2-1-3-12-6-7/h1-4,6H,5,11H2,(H,13,15). The van der Waals surface area contributed by atoms with Gasteiger partial charge in [0, 0.05) is 30.6 Å². The molecule has 0 saturated heterocycles. The lowest BCUT2D eigenvalue weighted by Gasteiger charge is -2.04. The van der Waals surface area contributed by atoms with E-state index >= 15 is 0 Å². The topological polar surface area (TPSA) is 84.7 Å². The minimum Gasteiger partial charge on any atom is -0.326 e. The fourth-order valence-electron chi connectivity index (χ4n) is 1.35. The molecule has 0 aliphatic rings. The fraction of sp³-hybridized carbons (Fsp3) is 0.100. The van der Waals surface area contributed by atoms with Crippen LogP contribution in [0.25, 0.3) is 11.3 Å². The molecule has 3 N–H and O–H groups in total. The molecule has 2 heterocycles. The smallest absolute Gasteiger partial charge is 0.264 e. The van der Waals surface area contributed by atoms with Gasteiger partial charge in [-0.3, -0.25) is 9.78 Å². The van der Waals surface area contributed by atoms with E-state index in [0.29, 0.717) is 11.3 Å². The molecule has 2 rings (SSSR count). The van der Waals surface area contributed by atoms with Crippen molar-refractivity contribution in [2.75, 3.05) is 0 Å². The average molecular weight is 202 g/mol. The Balaban J connectivity index is 2.58. The zero-order valence-corrected chi connectivity index (χ0v) is 7.97. The van der Waals surface area contributed by atoms with Crippen molar-refractivity contribution in [1.29, 1.82) is 0 Å². The van der Waals surface area contributed by atoms with Crippen molar-refractivity contribution in [1.82, 2.24) is 15.2 Å². The van der Waals surface area contributed by atoms with Crippen molar-refractivity contribution in [2.45, 2.75) is 6.54 Å². The van der Waals surface area contributed by atoms with E-state index in [9.17, 15) is 4.79 Å². The van der Waals surface area contributed by atoms with Gasteiger partial charge in [-0.1, -0.05) is 0 Å². The van der Waals surface area contributed by atoms with Gasteiger partial charge in [-0.15, -0.1) is 0 Å². The fourth-order valence-corrected chi connectivity index (χ4v) is 1.35. The molecule has 0 aromatic carbocycles. The predicted molar refractivity (Wildman–Crippen MR) is 56.0 cm³/mol. The van der Waals surface area contributed by atoms with E-state index in [0.717, 1.165) is 5.56 Å². The summed E-state index contributed by atoms with van der Waals surface area (Å²) in [5.74, 6) is 0. The Bertz CT molecular complexity index is 506. The number of rotatable bonds is 2. The number of aromatic amines is 1. The number of nitrogens with two attached hydrogens (primary N) is 1. The molecular formula is C10H10N4O. The van der Waals surface area contributed by atoms with Gasteiger partial charge in [0.15, 0.2) is 0 Å². The van der Waals surface area contributed by atoms with E-state index in [1.165, 1.54) is 6.07 Å². The zero-order chi connectivity index (χ0) is 10.7. The molecular weight excluding hydrogens is 192 g/mol. The van der Waals surface area contributed by atoms with Crippen LogP contribution in [0.4, 0.5) is 0 Å². The van der Waals surface area contributed by atoms with Gasteiger partial charge in [0.05, 0.1) is 5.69 Å². The Kier molecular flexibility index (Phi) is 2.55. The maximum Gasteiger partial charge on any atom is 0.264 e. The van der Waals surface area contributed by atoms with Gasteiger partial charge in [-0.25, -0.2) is 5.10 Å². The highest BCUT2D eigenvalue weighted by Crippen LogP contribution is 2.17. The number of H-pyrrole nitrogens is 1. The van der Waals surface area contributed by atoms with Crippen LogP contribution < -0.4 is 11.3 Å². The van der Waals surface area contributed by atoms with Crippen LogP contribution in [0.3, 0.4) is 0 Å². The first-order chi connectivity index (χ1) is 7.31. The quantitative estimate of drug-likeness (QED) is 0.733. The van der Waals surface area contributed by atoms with Crippen LogP contribution in [0.1, 0.15) is 5.56 Å². The Morgan fingerprint density at radius 3 is 3.00 bits per heavy atom. The first kappa shape index (κ1) is 9.54. The molecule has 76 valence electrons. The largest absolute Gasteiger partial charge is 0.326 e. The highest BCUT2D eigenvalue weighted by molar-refractivity contribution is 5.60. The monoisotopic (exact) mass is 202 g/mol. The molecule has 0 bridgehead atoms. The molecule has 0 spiro atoms. The second kappa shape index (κ2) is 4.02. The minimum atomic E-state index is -0.247. The molecule has 0 aliphatic carbocycles. The van der Waals surface area contributed by atoms with Crippen LogP contribution >= 0.6 is 0 Å². The molecule has 5 heteroatoms. The van der Waals surface area contributed by atoms with E-state index in [1.54, 1.807) is 12.4 Å². The van der Waals surface area contributed by atoms with Crippen molar-refractivity contribution in [3.63, 3.8) is 0 Å². The Labute approximate surface area is 86.0 Å². The summed E-state index contributed by atoms with van der Waals surface area (Å²) in [7, 11) is 0. The van der Waals surface area contributed by atoms with Crippen LogP contribution in [0, 0.1) is 0 Å². The number of nitrogens with one attached hydrogen (secondary N) is 1. The Morgan fingerprint density at radius 2 is 2.33 bits per heavy atom. The molecule has 0 unspecified atom stereocenters. The second-order valence-electron chi connectivity index (χ2n) is 3.05. The maximum atomic E-state index is 11.0. The van der Waals surface area contributed by atoms with Crippen molar-refractivity contribution < 1.29 is 0 Å². The third-order valence-corrected chi connectivity index (χ3v) is 2.04. The molecule has 2 aromatic rings. The van der Waals surface area contributed by atoms with Crippen LogP contribution in [0.15, 0.2) is 35.4 Å². The maximum absolute atomic E-state index is 11.0. The summed E-state index contributed by atoms with van der Waals surface area (Å²) in [4.78, 5) is 15.0. The lowest BCUT2D eigenvalue weighted by atomic mass is 10.1. The van der Waals surface area contributed by atoms with Crippen LogP contribution in [-0.2, 0) is 6.54 Å². The molecule has 0 atom stereocenters. The van der Waals surface area contributed by atoms with Gasteiger partial charge < -0.3 is 5.73 Å². The zero-order valence-electron chi connectivity index (χ0n) is 7.97. The molecule has 0 fully saturated rings. The minimum absolute atomic E-state index is 0.247.